The average molecular weight is 295 g/mol. The molecule has 1 unspecified atom stereocenters. The molecule has 20 heavy (non-hydrogen) atoms. The lowest BCUT2D eigenvalue weighted by Gasteiger charge is -2.13. The zero-order valence-electron chi connectivity index (χ0n) is 10.5. The van der Waals surface area contributed by atoms with E-state index in [2.05, 4.69) is 4.72 Å². The minimum Gasteiger partial charge on any atom is -0.387 e. The fraction of sp³-hybridized carbons (Fsp3) is 0.143. The monoisotopic (exact) mass is 295 g/mol. The van der Waals surface area contributed by atoms with Crippen LogP contribution >= 0.6 is 0 Å². The maximum absolute atomic E-state index is 13.4. The predicted molar refractivity (Wildman–Crippen MR) is 73.0 cm³/mol. The number of benzene rings is 2. The van der Waals surface area contributed by atoms with E-state index in [-0.39, 0.29) is 17.0 Å². The lowest BCUT2D eigenvalue weighted by molar-refractivity contribution is 0.177. The third kappa shape index (κ3) is 3.41. The van der Waals surface area contributed by atoms with Crippen LogP contribution in [0.3, 0.4) is 0 Å². The van der Waals surface area contributed by atoms with Gasteiger partial charge in [0, 0.05) is 12.1 Å². The van der Waals surface area contributed by atoms with Crippen LogP contribution < -0.4 is 4.72 Å². The smallest absolute Gasteiger partial charge is 0.240 e. The Morgan fingerprint density at radius 3 is 2.30 bits per heavy atom. The van der Waals surface area contributed by atoms with Crippen LogP contribution in [0.5, 0.6) is 0 Å². The van der Waals surface area contributed by atoms with Gasteiger partial charge in [-0.1, -0.05) is 36.4 Å². The van der Waals surface area contributed by atoms with Crippen LogP contribution in [0.15, 0.2) is 59.5 Å². The molecule has 0 saturated carbocycles. The Bertz CT molecular complexity index is 674. The van der Waals surface area contributed by atoms with Crippen molar-refractivity contribution >= 4 is 10.0 Å². The molecule has 1 atom stereocenters. The van der Waals surface area contributed by atoms with Gasteiger partial charge in [-0.2, -0.15) is 0 Å². The molecule has 0 aliphatic rings. The van der Waals surface area contributed by atoms with Crippen molar-refractivity contribution < 1.29 is 17.9 Å². The van der Waals surface area contributed by atoms with E-state index in [4.69, 9.17) is 0 Å². The van der Waals surface area contributed by atoms with E-state index in [0.717, 1.165) is 0 Å². The molecule has 0 bridgehead atoms. The van der Waals surface area contributed by atoms with Crippen LogP contribution in [0.25, 0.3) is 0 Å². The largest absolute Gasteiger partial charge is 0.387 e. The van der Waals surface area contributed by atoms with E-state index >= 15 is 0 Å². The van der Waals surface area contributed by atoms with Crippen molar-refractivity contribution in [3.63, 3.8) is 0 Å². The highest BCUT2D eigenvalue weighted by atomic mass is 32.2. The Morgan fingerprint density at radius 2 is 1.65 bits per heavy atom. The van der Waals surface area contributed by atoms with Crippen LogP contribution in [0.4, 0.5) is 4.39 Å². The van der Waals surface area contributed by atoms with E-state index in [9.17, 15) is 17.9 Å². The summed E-state index contributed by atoms with van der Waals surface area (Å²) in [6, 6.07) is 13.5. The highest BCUT2D eigenvalue weighted by molar-refractivity contribution is 7.89. The number of halogens is 1. The number of aliphatic hydroxyl groups excluding tert-OH is 1. The first-order chi connectivity index (χ1) is 9.50. The van der Waals surface area contributed by atoms with Gasteiger partial charge in [0.25, 0.3) is 0 Å². The second kappa shape index (κ2) is 6.13. The normalized spacial score (nSPS) is 13.1. The standard InChI is InChI=1S/C14H14FNO3S/c15-13-9-5-4-8-12(13)14(17)10-16-20(18,19)11-6-2-1-3-7-11/h1-9,14,16-17H,10H2. The van der Waals surface area contributed by atoms with Crippen LogP contribution in [-0.2, 0) is 10.0 Å². The molecule has 0 heterocycles. The predicted octanol–water partition coefficient (Wildman–Crippen LogP) is 1.84. The molecule has 0 aromatic heterocycles. The van der Waals surface area contributed by atoms with Crippen molar-refractivity contribution in [3.05, 3.63) is 66.0 Å². The molecule has 2 rings (SSSR count). The summed E-state index contributed by atoms with van der Waals surface area (Å²) < 4.78 is 39.6. The van der Waals surface area contributed by atoms with Crippen molar-refractivity contribution in [3.8, 4) is 0 Å². The molecule has 0 amide bonds. The Balaban J connectivity index is 2.08. The minimum absolute atomic E-state index is 0.0586. The lowest BCUT2D eigenvalue weighted by Crippen LogP contribution is -2.28. The molecular formula is C14H14FNO3S. The fourth-order valence-corrected chi connectivity index (χ4v) is 2.79. The summed E-state index contributed by atoms with van der Waals surface area (Å²) in [4.78, 5) is 0.0979. The molecule has 106 valence electrons. The van der Waals surface area contributed by atoms with Crippen LogP contribution in [0, 0.1) is 5.82 Å². The van der Waals surface area contributed by atoms with Gasteiger partial charge in [0.05, 0.1) is 11.0 Å². The first kappa shape index (κ1) is 14.6. The molecule has 0 fully saturated rings. The topological polar surface area (TPSA) is 66.4 Å². The molecule has 0 radical (unpaired) electrons. The van der Waals surface area contributed by atoms with Crippen molar-refractivity contribution in [1.82, 2.24) is 4.72 Å². The van der Waals surface area contributed by atoms with E-state index in [1.54, 1.807) is 24.3 Å². The number of rotatable bonds is 5. The van der Waals surface area contributed by atoms with Gasteiger partial charge in [-0.25, -0.2) is 17.5 Å². The van der Waals surface area contributed by atoms with Gasteiger partial charge in [-0.05, 0) is 18.2 Å². The first-order valence-electron chi connectivity index (χ1n) is 5.98. The number of aliphatic hydroxyl groups is 1. The minimum atomic E-state index is -3.71. The van der Waals surface area contributed by atoms with Crippen molar-refractivity contribution in [2.24, 2.45) is 0 Å². The van der Waals surface area contributed by atoms with Gasteiger partial charge in [-0.3, -0.25) is 0 Å². The summed E-state index contributed by atoms with van der Waals surface area (Å²) in [6.45, 7) is -0.293. The molecule has 2 aromatic carbocycles. The van der Waals surface area contributed by atoms with Gasteiger partial charge >= 0.3 is 0 Å². The number of nitrogens with one attached hydrogen (secondary N) is 1. The number of sulfonamides is 1. The fourth-order valence-electron chi connectivity index (χ4n) is 1.73. The highest BCUT2D eigenvalue weighted by Gasteiger charge is 2.17. The van der Waals surface area contributed by atoms with Crippen LogP contribution in [-0.4, -0.2) is 20.1 Å². The Labute approximate surface area is 116 Å². The summed E-state index contributed by atoms with van der Waals surface area (Å²) in [7, 11) is -3.71. The summed E-state index contributed by atoms with van der Waals surface area (Å²) in [5.74, 6) is -0.570. The molecule has 0 aliphatic carbocycles. The van der Waals surface area contributed by atoms with Gasteiger partial charge in [0.1, 0.15) is 5.82 Å². The highest BCUT2D eigenvalue weighted by Crippen LogP contribution is 2.16. The average Bonchev–Trinajstić information content (AvgIpc) is 2.46. The van der Waals surface area contributed by atoms with Gasteiger partial charge in [0.15, 0.2) is 0 Å². The first-order valence-corrected chi connectivity index (χ1v) is 7.46. The molecule has 4 nitrogen and oxygen atoms in total. The maximum Gasteiger partial charge on any atom is 0.240 e. The Morgan fingerprint density at radius 1 is 1.05 bits per heavy atom. The molecule has 0 aliphatic heterocycles. The van der Waals surface area contributed by atoms with Gasteiger partial charge in [0.2, 0.25) is 10.0 Å². The summed E-state index contributed by atoms with van der Waals surface area (Å²) in [5, 5.41) is 9.84. The third-order valence-corrected chi connectivity index (χ3v) is 4.22. The van der Waals surface area contributed by atoms with E-state index in [1.807, 2.05) is 0 Å². The quantitative estimate of drug-likeness (QED) is 0.884. The summed E-state index contributed by atoms with van der Waals surface area (Å²) >= 11 is 0. The van der Waals surface area contributed by atoms with Crippen molar-refractivity contribution in [2.75, 3.05) is 6.54 Å². The van der Waals surface area contributed by atoms with Crippen molar-refractivity contribution in [2.45, 2.75) is 11.0 Å². The maximum atomic E-state index is 13.4. The van der Waals surface area contributed by atoms with E-state index < -0.39 is 21.9 Å². The molecular weight excluding hydrogens is 281 g/mol. The zero-order chi connectivity index (χ0) is 14.6. The lowest BCUT2D eigenvalue weighted by atomic mass is 10.1. The summed E-state index contributed by atoms with van der Waals surface area (Å²) in [6.07, 6.45) is -1.24. The summed E-state index contributed by atoms with van der Waals surface area (Å²) in [5.41, 5.74) is 0.0586. The van der Waals surface area contributed by atoms with Crippen LogP contribution in [0.2, 0.25) is 0 Å². The Kier molecular flexibility index (Phi) is 4.49. The van der Waals surface area contributed by atoms with Gasteiger partial charge in [-0.15, -0.1) is 0 Å². The molecule has 2 aromatic rings. The SMILES string of the molecule is O=S(=O)(NCC(O)c1ccccc1F)c1ccccc1. The molecule has 0 spiro atoms. The zero-order valence-corrected chi connectivity index (χ0v) is 11.3. The molecule has 2 N–H and O–H groups in total. The van der Waals surface area contributed by atoms with Gasteiger partial charge < -0.3 is 5.11 Å². The van der Waals surface area contributed by atoms with E-state index in [0.29, 0.717) is 0 Å². The van der Waals surface area contributed by atoms with E-state index in [1.165, 1.54) is 30.3 Å². The Hall–Kier alpha value is -1.76. The number of hydrogen-bond donors (Lipinski definition) is 2. The van der Waals surface area contributed by atoms with Crippen molar-refractivity contribution in [1.29, 1.82) is 0 Å². The second-order valence-corrected chi connectivity index (χ2v) is 5.97. The molecule has 0 saturated heterocycles. The second-order valence-electron chi connectivity index (χ2n) is 4.20. The molecule has 6 heteroatoms. The van der Waals surface area contributed by atoms with Crippen LogP contribution in [0.1, 0.15) is 11.7 Å². The number of hydrogen-bond acceptors (Lipinski definition) is 3. The third-order valence-electron chi connectivity index (χ3n) is 2.78.